The largest absolute Gasteiger partial charge is 0.0847 e. The molecule has 1 aliphatic rings. The maximum Gasteiger partial charge on any atom is 0.0365 e. The first-order valence-corrected chi connectivity index (χ1v) is 5.24. The van der Waals surface area contributed by atoms with E-state index < -0.39 is 0 Å². The third-order valence-corrected chi connectivity index (χ3v) is 2.54. The van der Waals surface area contributed by atoms with Crippen LogP contribution in [0.3, 0.4) is 0 Å². The minimum Gasteiger partial charge on any atom is -0.0847 e. The van der Waals surface area contributed by atoms with Gasteiger partial charge in [-0.3, -0.25) is 0 Å². The van der Waals surface area contributed by atoms with Crippen molar-refractivity contribution in [2.45, 2.75) is 39.0 Å². The zero-order chi connectivity index (χ0) is 8.81. The van der Waals surface area contributed by atoms with Crippen LogP contribution in [-0.2, 0) is 0 Å². The smallest absolute Gasteiger partial charge is 0.0365 e. The summed E-state index contributed by atoms with van der Waals surface area (Å²) in [6, 6.07) is 0. The van der Waals surface area contributed by atoms with Crippen LogP contribution in [-0.4, -0.2) is 0 Å². The molecule has 0 spiro atoms. The molecule has 1 aliphatic carbocycles. The number of unbranched alkanes of at least 4 members (excludes halogenated alkanes) is 2. The fourth-order valence-electron chi connectivity index (χ4n) is 1.56. The second kappa shape index (κ2) is 5.42. The topological polar surface area (TPSA) is 0 Å². The summed E-state index contributed by atoms with van der Waals surface area (Å²) in [4.78, 5) is 0. The molecule has 0 saturated carbocycles. The fourth-order valence-corrected chi connectivity index (χ4v) is 1.83. The third-order valence-electron chi connectivity index (χ3n) is 2.29. The summed E-state index contributed by atoms with van der Waals surface area (Å²) >= 11 is 5.90. The Labute approximate surface area is 80.3 Å². The first-order valence-electron chi connectivity index (χ1n) is 4.86. The lowest BCUT2D eigenvalue weighted by Gasteiger charge is -2.13. The molecule has 68 valence electrons. The van der Waals surface area contributed by atoms with Crippen LogP contribution in [0.25, 0.3) is 0 Å². The molecule has 0 bridgehead atoms. The molecule has 1 heteroatoms. The number of halogens is 1. The molecule has 0 aromatic rings. The van der Waals surface area contributed by atoms with E-state index in [9.17, 15) is 0 Å². The van der Waals surface area contributed by atoms with Crippen molar-refractivity contribution in [3.63, 3.8) is 0 Å². The third kappa shape index (κ3) is 3.44. The minimum absolute atomic E-state index is 0.703. The Morgan fingerprint density at radius 1 is 1.50 bits per heavy atom. The van der Waals surface area contributed by atoms with Crippen LogP contribution in [0, 0.1) is 5.92 Å². The maximum absolute atomic E-state index is 5.90. The zero-order valence-electron chi connectivity index (χ0n) is 7.72. The lowest BCUT2D eigenvalue weighted by Crippen LogP contribution is -1.98. The number of rotatable bonds is 4. The predicted molar refractivity (Wildman–Crippen MR) is 55.3 cm³/mol. The van der Waals surface area contributed by atoms with Gasteiger partial charge in [0.15, 0.2) is 0 Å². The number of allylic oxidation sites excluding steroid dienone is 4. The van der Waals surface area contributed by atoms with Crippen LogP contribution in [0.2, 0.25) is 0 Å². The fraction of sp³-hybridized carbons (Fsp3) is 0.636. The number of hydrogen-bond acceptors (Lipinski definition) is 0. The summed E-state index contributed by atoms with van der Waals surface area (Å²) < 4.78 is 0. The van der Waals surface area contributed by atoms with Crippen LogP contribution in [0.5, 0.6) is 0 Å². The van der Waals surface area contributed by atoms with Crippen LogP contribution < -0.4 is 0 Å². The highest BCUT2D eigenvalue weighted by molar-refractivity contribution is 6.31. The van der Waals surface area contributed by atoms with E-state index in [0.717, 1.165) is 5.03 Å². The highest BCUT2D eigenvalue weighted by Crippen LogP contribution is 2.23. The Morgan fingerprint density at radius 3 is 3.00 bits per heavy atom. The molecule has 1 unspecified atom stereocenters. The van der Waals surface area contributed by atoms with Crippen molar-refractivity contribution >= 4 is 11.6 Å². The highest BCUT2D eigenvalue weighted by atomic mass is 35.5. The average Bonchev–Trinajstić information content (AvgIpc) is 2.05. The van der Waals surface area contributed by atoms with Crippen molar-refractivity contribution in [2.24, 2.45) is 5.92 Å². The van der Waals surface area contributed by atoms with E-state index in [1.807, 2.05) is 6.08 Å². The Balaban J connectivity index is 2.21. The first-order chi connectivity index (χ1) is 5.83. The molecule has 0 fully saturated rings. The summed E-state index contributed by atoms with van der Waals surface area (Å²) in [5, 5.41) is 0.919. The van der Waals surface area contributed by atoms with Crippen molar-refractivity contribution in [2.75, 3.05) is 0 Å². The van der Waals surface area contributed by atoms with Gasteiger partial charge in [0.05, 0.1) is 0 Å². The molecule has 0 aliphatic heterocycles. The van der Waals surface area contributed by atoms with Crippen molar-refractivity contribution in [1.29, 1.82) is 0 Å². The Bertz CT molecular complexity index is 179. The maximum atomic E-state index is 5.90. The summed E-state index contributed by atoms with van der Waals surface area (Å²) in [7, 11) is 0. The summed E-state index contributed by atoms with van der Waals surface area (Å²) in [6.45, 7) is 2.24. The summed E-state index contributed by atoms with van der Waals surface area (Å²) in [5.74, 6) is 0.703. The van der Waals surface area contributed by atoms with Gasteiger partial charge < -0.3 is 0 Å². The van der Waals surface area contributed by atoms with E-state index in [-0.39, 0.29) is 0 Å². The molecule has 1 rings (SSSR count). The van der Waals surface area contributed by atoms with Gasteiger partial charge in [-0.2, -0.15) is 0 Å². The molecule has 0 aromatic carbocycles. The van der Waals surface area contributed by atoms with Crippen LogP contribution >= 0.6 is 11.6 Å². The van der Waals surface area contributed by atoms with Crippen LogP contribution in [0.1, 0.15) is 39.0 Å². The quantitative estimate of drug-likeness (QED) is 0.573. The Morgan fingerprint density at radius 2 is 2.33 bits per heavy atom. The van der Waals surface area contributed by atoms with Gasteiger partial charge in [-0.25, -0.2) is 0 Å². The lowest BCUT2D eigenvalue weighted by molar-refractivity contribution is 0.541. The molecule has 1 atom stereocenters. The monoisotopic (exact) mass is 184 g/mol. The molecule has 12 heavy (non-hydrogen) atoms. The minimum atomic E-state index is 0.703. The second-order valence-electron chi connectivity index (χ2n) is 3.45. The van der Waals surface area contributed by atoms with E-state index in [4.69, 9.17) is 11.6 Å². The Kier molecular flexibility index (Phi) is 4.45. The molecule has 0 nitrogen and oxygen atoms in total. The molecule has 0 saturated heterocycles. The van der Waals surface area contributed by atoms with Gasteiger partial charge in [0.1, 0.15) is 0 Å². The average molecular weight is 185 g/mol. The summed E-state index contributed by atoms with van der Waals surface area (Å²) in [6.07, 6.45) is 12.9. The first kappa shape index (κ1) is 9.85. The standard InChI is InChI=1S/C11H17Cl/c1-2-3-4-6-10-7-5-8-11(12)9-10/h5,8-10H,2-4,6-7H2,1H3. The number of hydrogen-bond donors (Lipinski definition) is 0. The summed E-state index contributed by atoms with van der Waals surface area (Å²) in [5.41, 5.74) is 0. The van der Waals surface area contributed by atoms with Gasteiger partial charge in [-0.05, 0) is 24.8 Å². The zero-order valence-corrected chi connectivity index (χ0v) is 8.48. The molecule has 0 amide bonds. The van der Waals surface area contributed by atoms with E-state index in [0.29, 0.717) is 5.92 Å². The van der Waals surface area contributed by atoms with Gasteiger partial charge >= 0.3 is 0 Å². The highest BCUT2D eigenvalue weighted by Gasteiger charge is 2.07. The molecule has 0 N–H and O–H groups in total. The SMILES string of the molecule is CCCCCC1C=C(Cl)C=CC1. The molecule has 0 radical (unpaired) electrons. The predicted octanol–water partition coefficient (Wildman–Crippen LogP) is 4.27. The normalized spacial score (nSPS) is 22.5. The van der Waals surface area contributed by atoms with Crippen molar-refractivity contribution in [1.82, 2.24) is 0 Å². The Hall–Kier alpha value is -0.230. The van der Waals surface area contributed by atoms with Crippen LogP contribution in [0.4, 0.5) is 0 Å². The molecule has 0 aromatic heterocycles. The van der Waals surface area contributed by atoms with E-state index in [2.05, 4.69) is 19.1 Å². The van der Waals surface area contributed by atoms with E-state index in [1.165, 1.54) is 32.1 Å². The van der Waals surface area contributed by atoms with Gasteiger partial charge in [-0.1, -0.05) is 49.9 Å². The van der Waals surface area contributed by atoms with Gasteiger partial charge in [0, 0.05) is 5.03 Å². The van der Waals surface area contributed by atoms with Crippen LogP contribution in [0.15, 0.2) is 23.3 Å². The van der Waals surface area contributed by atoms with Crippen molar-refractivity contribution in [3.05, 3.63) is 23.3 Å². The molecular formula is C11H17Cl. The van der Waals surface area contributed by atoms with Gasteiger partial charge in [-0.15, -0.1) is 0 Å². The van der Waals surface area contributed by atoms with E-state index in [1.54, 1.807) is 0 Å². The van der Waals surface area contributed by atoms with Crippen molar-refractivity contribution < 1.29 is 0 Å². The lowest BCUT2D eigenvalue weighted by atomic mass is 9.94. The van der Waals surface area contributed by atoms with Gasteiger partial charge in [0.2, 0.25) is 0 Å². The molecule has 0 heterocycles. The van der Waals surface area contributed by atoms with E-state index >= 15 is 0 Å². The van der Waals surface area contributed by atoms with Gasteiger partial charge in [0.25, 0.3) is 0 Å². The second-order valence-corrected chi connectivity index (χ2v) is 3.88. The van der Waals surface area contributed by atoms with Crippen molar-refractivity contribution in [3.8, 4) is 0 Å². The molecular weight excluding hydrogens is 168 g/mol.